The Hall–Kier alpha value is -1.37. The highest BCUT2D eigenvalue weighted by Crippen LogP contribution is 2.26. The summed E-state index contributed by atoms with van der Waals surface area (Å²) in [5, 5.41) is 0. The van der Waals surface area contributed by atoms with E-state index in [0.717, 1.165) is 11.1 Å². The largest absolute Gasteiger partial charge is 0.294 e. The van der Waals surface area contributed by atoms with Gasteiger partial charge in [0.05, 0.1) is 0 Å². The summed E-state index contributed by atoms with van der Waals surface area (Å²) >= 11 is 0. The fourth-order valence-electron chi connectivity index (χ4n) is 1.40. The van der Waals surface area contributed by atoms with E-state index in [4.69, 9.17) is 0 Å². The molecule has 1 aromatic rings. The van der Waals surface area contributed by atoms with Crippen LogP contribution in [-0.2, 0) is 11.2 Å². The first-order chi connectivity index (χ1) is 6.29. The van der Waals surface area contributed by atoms with Crippen LogP contribution >= 0.6 is 0 Å². The van der Waals surface area contributed by atoms with Crippen molar-refractivity contribution in [3.8, 4) is 0 Å². The number of carbonyl (C=O) groups is 1. The Kier molecular flexibility index (Phi) is 3.02. The average molecular weight is 174 g/mol. The van der Waals surface area contributed by atoms with E-state index in [1.165, 1.54) is 0 Å². The van der Waals surface area contributed by atoms with Gasteiger partial charge in [0, 0.05) is 12.0 Å². The van der Waals surface area contributed by atoms with E-state index < -0.39 is 0 Å². The number of carbonyl (C=O) groups excluding carboxylic acids is 1. The summed E-state index contributed by atoms with van der Waals surface area (Å²) in [7, 11) is 0. The van der Waals surface area contributed by atoms with E-state index in [2.05, 4.69) is 6.58 Å². The van der Waals surface area contributed by atoms with Gasteiger partial charge in [-0.25, -0.2) is 0 Å². The molecule has 1 aliphatic rings. The third-order valence-electron chi connectivity index (χ3n) is 2.03. The highest BCUT2D eigenvalue weighted by molar-refractivity contribution is 6.24. The monoisotopic (exact) mass is 174 g/mol. The summed E-state index contributed by atoms with van der Waals surface area (Å²) in [5.41, 5.74) is 2.81. The van der Waals surface area contributed by atoms with Crippen molar-refractivity contribution in [2.24, 2.45) is 0 Å². The molecule has 0 aromatic heterocycles. The number of Topliss-reactive ketones (excluding diaryl/α,β-unsaturated/α-hetero) is 1. The zero-order valence-electron chi connectivity index (χ0n) is 8.13. The molecular formula is C12H14O. The van der Waals surface area contributed by atoms with Gasteiger partial charge in [0.15, 0.2) is 5.78 Å². The molecule has 13 heavy (non-hydrogen) atoms. The molecule has 0 bridgehead atoms. The van der Waals surface area contributed by atoms with Gasteiger partial charge in [-0.2, -0.15) is 0 Å². The van der Waals surface area contributed by atoms with Crippen molar-refractivity contribution in [2.45, 2.75) is 20.3 Å². The molecule has 0 amide bonds. The van der Waals surface area contributed by atoms with Crippen molar-refractivity contribution >= 4 is 11.4 Å². The van der Waals surface area contributed by atoms with Crippen molar-refractivity contribution in [1.29, 1.82) is 0 Å². The molecule has 1 heteroatoms. The summed E-state index contributed by atoms with van der Waals surface area (Å²) in [6.45, 7) is 7.73. The Bertz CT molecular complexity index is 337. The third kappa shape index (κ3) is 1.69. The number of allylic oxidation sites excluding steroid dienone is 1. The van der Waals surface area contributed by atoms with Crippen molar-refractivity contribution in [2.75, 3.05) is 0 Å². The zero-order chi connectivity index (χ0) is 9.84. The van der Waals surface area contributed by atoms with Crippen LogP contribution in [0.4, 0.5) is 0 Å². The smallest absolute Gasteiger partial charge is 0.167 e. The molecule has 0 saturated carbocycles. The topological polar surface area (TPSA) is 17.1 Å². The number of fused-ring (bicyclic) bond motifs is 1. The van der Waals surface area contributed by atoms with Crippen molar-refractivity contribution in [3.63, 3.8) is 0 Å². The van der Waals surface area contributed by atoms with Crippen molar-refractivity contribution in [1.82, 2.24) is 0 Å². The highest BCUT2D eigenvalue weighted by Gasteiger charge is 2.21. The molecule has 2 rings (SSSR count). The van der Waals surface area contributed by atoms with Crippen LogP contribution < -0.4 is 0 Å². The number of benzene rings is 1. The summed E-state index contributed by atoms with van der Waals surface area (Å²) in [6, 6.07) is 7.81. The minimum Gasteiger partial charge on any atom is -0.294 e. The van der Waals surface area contributed by atoms with Gasteiger partial charge in [-0.1, -0.05) is 44.7 Å². The molecular weight excluding hydrogens is 160 g/mol. The summed E-state index contributed by atoms with van der Waals surface area (Å²) in [4.78, 5) is 11.1. The van der Waals surface area contributed by atoms with E-state index in [-0.39, 0.29) is 5.78 Å². The molecule has 0 heterocycles. The maximum Gasteiger partial charge on any atom is 0.167 e. The zero-order valence-corrected chi connectivity index (χ0v) is 8.13. The van der Waals surface area contributed by atoms with Crippen molar-refractivity contribution in [3.05, 3.63) is 42.0 Å². The lowest BCUT2D eigenvalue weighted by Gasteiger charge is -1.94. The Morgan fingerprint density at radius 2 is 1.85 bits per heavy atom. The number of ketones is 1. The molecule has 0 unspecified atom stereocenters. The lowest BCUT2D eigenvalue weighted by atomic mass is 10.1. The molecule has 1 aliphatic carbocycles. The van der Waals surface area contributed by atoms with Crippen LogP contribution in [-0.4, -0.2) is 5.78 Å². The van der Waals surface area contributed by atoms with E-state index in [1.54, 1.807) is 0 Å². The van der Waals surface area contributed by atoms with Gasteiger partial charge in [-0.3, -0.25) is 4.79 Å². The molecule has 0 saturated heterocycles. The van der Waals surface area contributed by atoms with Crippen LogP contribution in [0.3, 0.4) is 0 Å². The molecule has 68 valence electrons. The summed E-state index contributed by atoms with van der Waals surface area (Å²) < 4.78 is 0. The Balaban J connectivity index is 0.000000396. The first-order valence-corrected chi connectivity index (χ1v) is 4.59. The van der Waals surface area contributed by atoms with Crippen LogP contribution in [0.1, 0.15) is 25.0 Å². The predicted molar refractivity (Wildman–Crippen MR) is 55.5 cm³/mol. The first-order valence-electron chi connectivity index (χ1n) is 4.59. The third-order valence-corrected chi connectivity index (χ3v) is 2.03. The summed E-state index contributed by atoms with van der Waals surface area (Å²) in [5.74, 6) is 0.159. The standard InChI is InChI=1S/C10H8O.C2H6/c1-7-9-5-3-2-4-8(9)6-10(7)11;1-2/h2-5H,1,6H2;1-2H3. The predicted octanol–water partition coefficient (Wildman–Crippen LogP) is 2.85. The normalized spacial score (nSPS) is 13.4. The molecule has 0 spiro atoms. The minimum atomic E-state index is 0.159. The number of hydrogen-bond donors (Lipinski definition) is 0. The lowest BCUT2D eigenvalue weighted by molar-refractivity contribution is -0.112. The highest BCUT2D eigenvalue weighted by atomic mass is 16.1. The Morgan fingerprint density at radius 1 is 1.23 bits per heavy atom. The van der Waals surface area contributed by atoms with E-state index in [0.29, 0.717) is 12.0 Å². The molecule has 0 atom stereocenters. The van der Waals surface area contributed by atoms with Gasteiger partial charge >= 0.3 is 0 Å². The molecule has 0 fully saturated rings. The lowest BCUT2D eigenvalue weighted by Crippen LogP contribution is -1.91. The van der Waals surface area contributed by atoms with Crippen LogP contribution in [0.2, 0.25) is 0 Å². The molecule has 1 aromatic carbocycles. The molecule has 0 N–H and O–H groups in total. The van der Waals surface area contributed by atoms with Gasteiger partial charge < -0.3 is 0 Å². The maximum absolute atomic E-state index is 11.1. The minimum absolute atomic E-state index is 0.159. The quantitative estimate of drug-likeness (QED) is 0.553. The molecule has 0 radical (unpaired) electrons. The Labute approximate surface area is 79.1 Å². The van der Waals surface area contributed by atoms with Gasteiger partial charge in [-0.05, 0) is 11.1 Å². The van der Waals surface area contributed by atoms with Gasteiger partial charge in [0.1, 0.15) is 0 Å². The van der Waals surface area contributed by atoms with Crippen LogP contribution in [0, 0.1) is 0 Å². The van der Waals surface area contributed by atoms with E-state index in [1.807, 2.05) is 38.1 Å². The second-order valence-corrected chi connectivity index (χ2v) is 2.74. The fraction of sp³-hybridized carbons (Fsp3) is 0.250. The van der Waals surface area contributed by atoms with Crippen LogP contribution in [0.5, 0.6) is 0 Å². The van der Waals surface area contributed by atoms with Gasteiger partial charge in [-0.15, -0.1) is 0 Å². The average Bonchev–Trinajstić information content (AvgIpc) is 2.47. The maximum atomic E-state index is 11.1. The molecule has 0 aliphatic heterocycles. The second kappa shape index (κ2) is 4.04. The number of rotatable bonds is 0. The van der Waals surface area contributed by atoms with Gasteiger partial charge in [0.25, 0.3) is 0 Å². The van der Waals surface area contributed by atoms with E-state index in [9.17, 15) is 4.79 Å². The second-order valence-electron chi connectivity index (χ2n) is 2.74. The van der Waals surface area contributed by atoms with Gasteiger partial charge in [0.2, 0.25) is 0 Å². The number of hydrogen-bond acceptors (Lipinski definition) is 1. The van der Waals surface area contributed by atoms with Crippen LogP contribution in [0.15, 0.2) is 30.8 Å². The first kappa shape index (κ1) is 9.72. The molecule has 1 nitrogen and oxygen atoms in total. The van der Waals surface area contributed by atoms with E-state index >= 15 is 0 Å². The van der Waals surface area contributed by atoms with Crippen LogP contribution in [0.25, 0.3) is 5.57 Å². The summed E-state index contributed by atoms with van der Waals surface area (Å²) in [6.07, 6.45) is 0.537. The SMILES string of the molecule is C=C1C(=O)Cc2ccccc21.CC. The Morgan fingerprint density at radius 3 is 2.46 bits per heavy atom. The van der Waals surface area contributed by atoms with Crippen molar-refractivity contribution < 1.29 is 4.79 Å². The fourth-order valence-corrected chi connectivity index (χ4v) is 1.40.